The minimum Gasteiger partial charge on any atom is -0.508 e. The van der Waals surface area contributed by atoms with Gasteiger partial charge in [-0.15, -0.1) is 9.92 Å². The molecule has 0 radical (unpaired) electrons. The van der Waals surface area contributed by atoms with Crippen molar-refractivity contribution in [1.29, 1.82) is 0 Å². The molecule has 142 valence electrons. The van der Waals surface area contributed by atoms with Crippen molar-refractivity contribution in [3.05, 3.63) is 92.8 Å². The van der Waals surface area contributed by atoms with Crippen LogP contribution in [0, 0.1) is 4.91 Å². The fraction of sp³-hybridized carbons (Fsp3) is 0.0500. The van der Waals surface area contributed by atoms with Crippen molar-refractivity contribution in [2.45, 2.75) is 6.54 Å². The zero-order valence-electron chi connectivity index (χ0n) is 14.5. The number of hydrogen-bond donors (Lipinski definition) is 1. The van der Waals surface area contributed by atoms with Gasteiger partial charge in [-0.3, -0.25) is 4.90 Å². The van der Waals surface area contributed by atoms with Gasteiger partial charge in [0.2, 0.25) is 0 Å². The van der Waals surface area contributed by atoms with E-state index in [1.54, 1.807) is 66.7 Å². The number of rotatable bonds is 5. The molecule has 0 saturated heterocycles. The van der Waals surface area contributed by atoms with Crippen molar-refractivity contribution in [1.82, 2.24) is 0 Å². The molecule has 3 rings (SSSR count). The van der Waals surface area contributed by atoms with Gasteiger partial charge in [-0.2, -0.15) is 0 Å². The Morgan fingerprint density at radius 2 is 1.68 bits per heavy atom. The largest absolute Gasteiger partial charge is 0.508 e. The van der Waals surface area contributed by atoms with Crippen LogP contribution in [-0.2, 0) is 6.54 Å². The molecule has 0 heterocycles. The van der Waals surface area contributed by atoms with E-state index in [0.717, 1.165) is 9.48 Å². The second-order valence-electron chi connectivity index (χ2n) is 5.85. The Labute approximate surface area is 175 Å². The molecule has 0 bridgehead atoms. The molecule has 8 heteroatoms. The molecule has 28 heavy (non-hydrogen) atoms. The van der Waals surface area contributed by atoms with E-state index in [9.17, 15) is 14.8 Å². The highest BCUT2D eigenvalue weighted by molar-refractivity contribution is 9.10. The fourth-order valence-electron chi connectivity index (χ4n) is 2.62. The molecular weight excluding hydrogens is 446 g/mol. The number of nitroso groups, excluding NO2 is 1. The minimum atomic E-state index is -0.664. The van der Waals surface area contributed by atoms with Crippen molar-refractivity contribution in [2.75, 3.05) is 9.91 Å². The van der Waals surface area contributed by atoms with Crippen molar-refractivity contribution >= 4 is 44.9 Å². The topological polar surface area (TPSA) is 73.2 Å². The first-order valence-electron chi connectivity index (χ1n) is 8.22. The number of carbonyl (C=O) groups excluding carboxylic acids is 1. The van der Waals surface area contributed by atoms with Crippen LogP contribution < -0.4 is 9.91 Å². The third-order valence-electron chi connectivity index (χ3n) is 4.00. The molecule has 0 saturated carbocycles. The Morgan fingerprint density at radius 3 is 2.32 bits per heavy atom. The van der Waals surface area contributed by atoms with Gasteiger partial charge in [0.25, 0.3) is 0 Å². The van der Waals surface area contributed by atoms with Crippen LogP contribution in [0.25, 0.3) is 0 Å². The number of benzene rings is 3. The summed E-state index contributed by atoms with van der Waals surface area (Å²) in [5.41, 5.74) is 1.29. The highest BCUT2D eigenvalue weighted by Gasteiger charge is 2.26. The molecule has 0 aliphatic rings. The summed E-state index contributed by atoms with van der Waals surface area (Å²) in [5.74, 6) is -0.00960. The SMILES string of the molecule is O=NN(C(=O)N(Cc1cc(Cl)ccc1O)c1ccc(Br)cc1)c1ccccc1. The third-order valence-corrected chi connectivity index (χ3v) is 4.77. The minimum absolute atomic E-state index is 0.00822. The monoisotopic (exact) mass is 459 g/mol. The molecule has 1 N–H and O–H groups in total. The van der Waals surface area contributed by atoms with E-state index in [0.29, 0.717) is 22.0 Å². The van der Waals surface area contributed by atoms with Crippen LogP contribution in [-0.4, -0.2) is 11.1 Å². The van der Waals surface area contributed by atoms with E-state index in [2.05, 4.69) is 21.2 Å². The van der Waals surface area contributed by atoms with Gasteiger partial charge in [0.15, 0.2) is 0 Å². The number of para-hydroxylation sites is 1. The second-order valence-corrected chi connectivity index (χ2v) is 7.20. The molecule has 0 aliphatic carbocycles. The molecule has 0 spiro atoms. The van der Waals surface area contributed by atoms with Gasteiger partial charge in [0.1, 0.15) is 5.75 Å². The van der Waals surface area contributed by atoms with E-state index >= 15 is 0 Å². The molecule has 0 fully saturated rings. The summed E-state index contributed by atoms with van der Waals surface area (Å²) in [6.07, 6.45) is 0. The number of aromatic hydroxyl groups is 1. The first-order valence-corrected chi connectivity index (χ1v) is 9.39. The van der Waals surface area contributed by atoms with Crippen molar-refractivity contribution in [3.8, 4) is 5.75 Å². The van der Waals surface area contributed by atoms with Gasteiger partial charge in [0.05, 0.1) is 17.5 Å². The first-order chi connectivity index (χ1) is 13.5. The van der Waals surface area contributed by atoms with Crippen molar-refractivity contribution < 1.29 is 9.90 Å². The second kappa shape index (κ2) is 8.86. The summed E-state index contributed by atoms with van der Waals surface area (Å²) in [6, 6.07) is 19.3. The van der Waals surface area contributed by atoms with Crippen LogP contribution in [0.1, 0.15) is 5.56 Å². The summed E-state index contributed by atoms with van der Waals surface area (Å²) in [4.78, 5) is 26.0. The Kier molecular flexibility index (Phi) is 6.28. The number of urea groups is 1. The molecule has 6 nitrogen and oxygen atoms in total. The maximum Gasteiger partial charge on any atom is 0.352 e. The van der Waals surface area contributed by atoms with Gasteiger partial charge in [-0.1, -0.05) is 45.7 Å². The van der Waals surface area contributed by atoms with E-state index < -0.39 is 6.03 Å². The Bertz CT molecular complexity index is 984. The third kappa shape index (κ3) is 4.49. The highest BCUT2D eigenvalue weighted by atomic mass is 79.9. The van der Waals surface area contributed by atoms with Crippen LogP contribution in [0.15, 0.2) is 82.6 Å². The standard InChI is InChI=1S/C20H15BrClN3O3/c21-15-6-9-17(10-7-15)24(13-14-12-16(22)8-11-19(14)26)20(27)25(23-28)18-4-2-1-3-5-18/h1-12,26H,13H2. The Hall–Kier alpha value is -2.90. The number of anilines is 2. The lowest BCUT2D eigenvalue weighted by Gasteiger charge is -2.26. The van der Waals surface area contributed by atoms with Crippen LogP contribution >= 0.6 is 27.5 Å². The maximum absolute atomic E-state index is 13.2. The molecule has 0 atom stereocenters. The summed E-state index contributed by atoms with van der Waals surface area (Å²) < 4.78 is 0.836. The predicted molar refractivity (Wildman–Crippen MR) is 114 cm³/mol. The number of nitrogens with zero attached hydrogens (tertiary/aromatic N) is 3. The van der Waals surface area contributed by atoms with Crippen molar-refractivity contribution in [3.63, 3.8) is 0 Å². The fourth-order valence-corrected chi connectivity index (χ4v) is 3.08. The van der Waals surface area contributed by atoms with Gasteiger partial charge in [0, 0.05) is 20.7 Å². The van der Waals surface area contributed by atoms with Gasteiger partial charge < -0.3 is 5.11 Å². The smallest absolute Gasteiger partial charge is 0.352 e. The lowest BCUT2D eigenvalue weighted by Crippen LogP contribution is -2.40. The summed E-state index contributed by atoms with van der Waals surface area (Å²) in [5, 5.41) is 14.3. The summed E-state index contributed by atoms with van der Waals surface area (Å²) in [7, 11) is 0. The average Bonchev–Trinajstić information content (AvgIpc) is 2.71. The number of hydrogen-bond acceptors (Lipinski definition) is 4. The van der Waals surface area contributed by atoms with E-state index in [4.69, 9.17) is 11.6 Å². The van der Waals surface area contributed by atoms with E-state index in [-0.39, 0.29) is 12.3 Å². The Morgan fingerprint density at radius 1 is 1.00 bits per heavy atom. The van der Waals surface area contributed by atoms with Gasteiger partial charge in [-0.25, -0.2) is 4.79 Å². The molecule has 0 aromatic heterocycles. The summed E-state index contributed by atoms with van der Waals surface area (Å²) in [6.45, 7) is -0.00822. The zero-order chi connectivity index (χ0) is 20.1. The molecule has 0 aliphatic heterocycles. The van der Waals surface area contributed by atoms with E-state index in [1.165, 1.54) is 11.0 Å². The summed E-state index contributed by atoms with van der Waals surface area (Å²) >= 11 is 9.39. The van der Waals surface area contributed by atoms with E-state index in [1.807, 2.05) is 0 Å². The number of phenols is 1. The maximum atomic E-state index is 13.2. The normalized spacial score (nSPS) is 10.4. The molecule has 0 unspecified atom stereocenters. The number of halogens is 2. The number of phenolic OH excluding ortho intramolecular Hbond substituents is 1. The van der Waals surface area contributed by atoms with Crippen LogP contribution in [0.2, 0.25) is 5.02 Å². The Balaban J connectivity index is 2.02. The highest BCUT2D eigenvalue weighted by Crippen LogP contribution is 2.28. The molecule has 3 aromatic rings. The number of amides is 2. The van der Waals surface area contributed by atoms with Crippen LogP contribution in [0.3, 0.4) is 0 Å². The van der Waals surface area contributed by atoms with Crippen molar-refractivity contribution in [2.24, 2.45) is 5.29 Å². The lowest BCUT2D eigenvalue weighted by molar-refractivity contribution is 0.251. The number of carbonyl (C=O) groups is 1. The quantitative estimate of drug-likeness (QED) is 0.368. The predicted octanol–water partition coefficient (Wildman–Crippen LogP) is 6.12. The zero-order valence-corrected chi connectivity index (χ0v) is 16.8. The van der Waals surface area contributed by atoms with Crippen LogP contribution in [0.5, 0.6) is 5.75 Å². The lowest BCUT2D eigenvalue weighted by atomic mass is 10.1. The average molecular weight is 461 g/mol. The molecular formula is C20H15BrClN3O3. The molecule has 2 amide bonds. The molecule has 3 aromatic carbocycles. The van der Waals surface area contributed by atoms with Gasteiger partial charge >= 0.3 is 6.03 Å². The first kappa shape index (κ1) is 19.9. The van der Waals surface area contributed by atoms with Gasteiger partial charge in [-0.05, 0) is 54.6 Å². The van der Waals surface area contributed by atoms with Crippen LogP contribution in [0.4, 0.5) is 16.2 Å².